The van der Waals surface area contributed by atoms with Crippen LogP contribution in [0.3, 0.4) is 0 Å². The molecule has 0 spiro atoms. The molecule has 0 aliphatic carbocycles. The van der Waals surface area contributed by atoms with E-state index in [1.165, 1.54) is 5.56 Å². The summed E-state index contributed by atoms with van der Waals surface area (Å²) < 4.78 is 4.97. The van der Waals surface area contributed by atoms with Crippen LogP contribution in [0.15, 0.2) is 24.3 Å². The first-order valence-corrected chi connectivity index (χ1v) is 6.78. The van der Waals surface area contributed by atoms with Crippen molar-refractivity contribution in [3.63, 3.8) is 0 Å². The summed E-state index contributed by atoms with van der Waals surface area (Å²) in [6.07, 6.45) is 0.555. The number of anilines is 1. The third-order valence-corrected chi connectivity index (χ3v) is 3.32. The Balaban J connectivity index is 2.87. The lowest BCUT2D eigenvalue weighted by molar-refractivity contribution is 0.0695. The Morgan fingerprint density at radius 2 is 2.05 bits per heavy atom. The molecule has 1 aromatic carbocycles. The minimum atomic E-state index is -0.474. The molecule has 108 valence electrons. The predicted octanol–water partition coefficient (Wildman–Crippen LogP) is 1.80. The number of aliphatic hydroxyl groups is 1. The van der Waals surface area contributed by atoms with Crippen molar-refractivity contribution in [2.45, 2.75) is 25.5 Å². The van der Waals surface area contributed by atoms with Gasteiger partial charge in [-0.1, -0.05) is 25.1 Å². The molecule has 0 saturated carbocycles. The minimum absolute atomic E-state index is 0.332. The standard InChI is InChI=1S/C15H26N2O2/c1-5-14(16-2)13-8-6-7-9-15(13)17(3)10-12(18)11-19-4/h6-9,12,14,16,18H,5,10-11H2,1-4H3. The van der Waals surface area contributed by atoms with Crippen molar-refractivity contribution < 1.29 is 9.84 Å². The van der Waals surface area contributed by atoms with Crippen LogP contribution in [0.2, 0.25) is 0 Å². The van der Waals surface area contributed by atoms with Crippen molar-refractivity contribution in [3.8, 4) is 0 Å². The monoisotopic (exact) mass is 266 g/mol. The summed E-state index contributed by atoms with van der Waals surface area (Å²) in [5.41, 5.74) is 2.42. The summed E-state index contributed by atoms with van der Waals surface area (Å²) >= 11 is 0. The molecular formula is C15H26N2O2. The smallest absolute Gasteiger partial charge is 0.0947 e. The first-order chi connectivity index (χ1) is 9.13. The molecule has 2 unspecified atom stereocenters. The van der Waals surface area contributed by atoms with Gasteiger partial charge < -0.3 is 20.1 Å². The van der Waals surface area contributed by atoms with E-state index in [9.17, 15) is 5.11 Å². The van der Waals surface area contributed by atoms with Gasteiger partial charge in [-0.2, -0.15) is 0 Å². The number of aliphatic hydroxyl groups excluding tert-OH is 1. The van der Waals surface area contributed by atoms with Crippen LogP contribution in [0.4, 0.5) is 5.69 Å². The largest absolute Gasteiger partial charge is 0.389 e. The lowest BCUT2D eigenvalue weighted by atomic mass is 10.0. The molecule has 19 heavy (non-hydrogen) atoms. The number of likely N-dealkylation sites (N-methyl/N-ethyl adjacent to an activating group) is 1. The van der Waals surface area contributed by atoms with Crippen LogP contribution in [0, 0.1) is 0 Å². The maximum atomic E-state index is 9.84. The molecular weight excluding hydrogens is 240 g/mol. The van der Waals surface area contributed by atoms with Gasteiger partial charge >= 0.3 is 0 Å². The van der Waals surface area contributed by atoms with E-state index in [4.69, 9.17) is 4.74 Å². The SMILES string of the molecule is CCC(NC)c1ccccc1N(C)CC(O)COC. The molecule has 1 rings (SSSR count). The Morgan fingerprint density at radius 3 is 2.63 bits per heavy atom. The molecule has 0 fully saturated rings. The van der Waals surface area contributed by atoms with Crippen molar-refractivity contribution in [2.24, 2.45) is 0 Å². The summed E-state index contributed by atoms with van der Waals surface area (Å²) in [7, 11) is 5.58. The van der Waals surface area contributed by atoms with Gasteiger partial charge in [-0.25, -0.2) is 0 Å². The van der Waals surface area contributed by atoms with Crippen molar-refractivity contribution in [3.05, 3.63) is 29.8 Å². The average Bonchev–Trinajstić information content (AvgIpc) is 2.41. The Labute approximate surface area is 116 Å². The van der Waals surface area contributed by atoms with Gasteiger partial charge in [0, 0.05) is 32.4 Å². The van der Waals surface area contributed by atoms with Crippen molar-refractivity contribution in [2.75, 3.05) is 39.3 Å². The van der Waals surface area contributed by atoms with Crippen LogP contribution < -0.4 is 10.2 Å². The highest BCUT2D eigenvalue weighted by Crippen LogP contribution is 2.27. The van der Waals surface area contributed by atoms with E-state index in [2.05, 4.69) is 35.3 Å². The fourth-order valence-corrected chi connectivity index (χ4v) is 2.37. The van der Waals surface area contributed by atoms with E-state index >= 15 is 0 Å². The summed E-state index contributed by atoms with van der Waals surface area (Å²) in [4.78, 5) is 2.08. The summed E-state index contributed by atoms with van der Waals surface area (Å²) in [6.45, 7) is 3.08. The van der Waals surface area contributed by atoms with E-state index in [0.717, 1.165) is 12.1 Å². The second-order valence-electron chi connectivity index (χ2n) is 4.80. The molecule has 4 heteroatoms. The van der Waals surface area contributed by atoms with E-state index in [-0.39, 0.29) is 0 Å². The molecule has 4 nitrogen and oxygen atoms in total. The van der Waals surface area contributed by atoms with Crippen LogP contribution in [0.25, 0.3) is 0 Å². The number of nitrogens with zero attached hydrogens (tertiary/aromatic N) is 1. The number of hydrogen-bond donors (Lipinski definition) is 2. The number of rotatable bonds is 8. The van der Waals surface area contributed by atoms with Gasteiger partial charge in [0.15, 0.2) is 0 Å². The first-order valence-electron chi connectivity index (χ1n) is 6.78. The summed E-state index contributed by atoms with van der Waals surface area (Å²) in [6, 6.07) is 8.64. The molecule has 0 radical (unpaired) electrons. The number of para-hydroxylation sites is 1. The predicted molar refractivity (Wildman–Crippen MR) is 79.7 cm³/mol. The quantitative estimate of drug-likeness (QED) is 0.753. The highest BCUT2D eigenvalue weighted by atomic mass is 16.5. The highest BCUT2D eigenvalue weighted by Gasteiger charge is 2.15. The van der Waals surface area contributed by atoms with Crippen LogP contribution in [0.5, 0.6) is 0 Å². The highest BCUT2D eigenvalue weighted by molar-refractivity contribution is 5.54. The van der Waals surface area contributed by atoms with Gasteiger partial charge in [-0.05, 0) is 25.1 Å². The molecule has 0 bridgehead atoms. The molecule has 0 amide bonds. The van der Waals surface area contributed by atoms with E-state index in [1.807, 2.05) is 20.2 Å². The lowest BCUT2D eigenvalue weighted by Crippen LogP contribution is -2.33. The van der Waals surface area contributed by atoms with E-state index < -0.39 is 6.10 Å². The normalized spacial score (nSPS) is 14.2. The van der Waals surface area contributed by atoms with Gasteiger partial charge in [0.2, 0.25) is 0 Å². The van der Waals surface area contributed by atoms with Gasteiger partial charge in [0.25, 0.3) is 0 Å². The number of hydrogen-bond acceptors (Lipinski definition) is 4. The molecule has 1 aromatic rings. The third-order valence-electron chi connectivity index (χ3n) is 3.32. The zero-order valence-electron chi connectivity index (χ0n) is 12.4. The summed E-state index contributed by atoms with van der Waals surface area (Å²) in [5.74, 6) is 0. The number of nitrogens with one attached hydrogen (secondary N) is 1. The van der Waals surface area contributed by atoms with Gasteiger partial charge in [-0.3, -0.25) is 0 Å². The van der Waals surface area contributed by atoms with Gasteiger partial charge in [0.05, 0.1) is 12.7 Å². The fourth-order valence-electron chi connectivity index (χ4n) is 2.37. The maximum Gasteiger partial charge on any atom is 0.0947 e. The Bertz CT molecular complexity index is 367. The minimum Gasteiger partial charge on any atom is -0.389 e. The zero-order chi connectivity index (χ0) is 14.3. The van der Waals surface area contributed by atoms with Crippen LogP contribution in [-0.2, 0) is 4.74 Å². The first kappa shape index (κ1) is 16.0. The Morgan fingerprint density at radius 1 is 1.37 bits per heavy atom. The van der Waals surface area contributed by atoms with Gasteiger partial charge in [-0.15, -0.1) is 0 Å². The average molecular weight is 266 g/mol. The molecule has 0 saturated heterocycles. The zero-order valence-corrected chi connectivity index (χ0v) is 12.4. The van der Waals surface area contributed by atoms with Crippen molar-refractivity contribution in [1.82, 2.24) is 5.32 Å². The molecule has 0 heterocycles. The molecule has 2 N–H and O–H groups in total. The molecule has 0 aliphatic heterocycles. The van der Waals surface area contributed by atoms with Crippen molar-refractivity contribution >= 4 is 5.69 Å². The second kappa shape index (κ2) is 8.15. The van der Waals surface area contributed by atoms with E-state index in [1.54, 1.807) is 7.11 Å². The Kier molecular flexibility index (Phi) is 6.84. The number of methoxy groups -OCH3 is 1. The van der Waals surface area contributed by atoms with Crippen LogP contribution >= 0.6 is 0 Å². The van der Waals surface area contributed by atoms with Gasteiger partial charge in [0.1, 0.15) is 0 Å². The number of ether oxygens (including phenoxy) is 1. The van der Waals surface area contributed by atoms with Crippen LogP contribution in [-0.4, -0.2) is 45.6 Å². The summed E-state index contributed by atoms with van der Waals surface area (Å²) in [5, 5.41) is 13.2. The molecule has 0 aromatic heterocycles. The van der Waals surface area contributed by atoms with Crippen LogP contribution in [0.1, 0.15) is 24.9 Å². The number of benzene rings is 1. The molecule has 2 atom stereocenters. The topological polar surface area (TPSA) is 44.7 Å². The Hall–Kier alpha value is -1.10. The fraction of sp³-hybridized carbons (Fsp3) is 0.600. The lowest BCUT2D eigenvalue weighted by Gasteiger charge is -2.27. The third kappa shape index (κ3) is 4.49. The van der Waals surface area contributed by atoms with Crippen molar-refractivity contribution in [1.29, 1.82) is 0 Å². The molecule has 0 aliphatic rings. The van der Waals surface area contributed by atoms with E-state index in [0.29, 0.717) is 19.2 Å². The maximum absolute atomic E-state index is 9.84. The second-order valence-corrected chi connectivity index (χ2v) is 4.80.